The van der Waals surface area contributed by atoms with E-state index in [0.29, 0.717) is 24.5 Å². The number of piperidine rings is 1. The predicted molar refractivity (Wildman–Crippen MR) is 103 cm³/mol. The highest BCUT2D eigenvalue weighted by Gasteiger charge is 2.26. The summed E-state index contributed by atoms with van der Waals surface area (Å²) in [7, 11) is 0. The number of amides is 2. The number of aromatic nitrogens is 2. The second-order valence-corrected chi connectivity index (χ2v) is 8.06. The molecule has 0 saturated carbocycles. The number of hydrogen-bond donors (Lipinski definition) is 3. The fourth-order valence-electron chi connectivity index (χ4n) is 2.96. The molecule has 0 bridgehead atoms. The van der Waals surface area contributed by atoms with Crippen LogP contribution in [0.5, 0.6) is 0 Å². The van der Waals surface area contributed by atoms with Crippen molar-refractivity contribution in [2.24, 2.45) is 0 Å². The van der Waals surface area contributed by atoms with E-state index in [2.05, 4.69) is 47.1 Å². The summed E-state index contributed by atoms with van der Waals surface area (Å²) >= 11 is 6.82. The van der Waals surface area contributed by atoms with Crippen LogP contribution in [-0.4, -0.2) is 45.8 Å². The fourth-order valence-corrected chi connectivity index (χ4v) is 3.62. The van der Waals surface area contributed by atoms with Gasteiger partial charge in [0, 0.05) is 39.5 Å². The van der Waals surface area contributed by atoms with Crippen LogP contribution in [0.1, 0.15) is 45.2 Å². The Kier molecular flexibility index (Phi) is 5.38. The smallest absolute Gasteiger partial charge is 0.270 e. The molecule has 1 aliphatic heterocycles. The van der Waals surface area contributed by atoms with E-state index in [9.17, 15) is 9.59 Å². The van der Waals surface area contributed by atoms with Gasteiger partial charge in [0.05, 0.1) is 0 Å². The number of nitrogens with zero attached hydrogens (tertiary/aromatic N) is 1. The summed E-state index contributed by atoms with van der Waals surface area (Å²) in [6.45, 7) is 5.09. The van der Waals surface area contributed by atoms with Crippen LogP contribution in [0.15, 0.2) is 21.1 Å². The number of H-pyrrole nitrogens is 2. The molecule has 3 N–H and O–H groups in total. The number of hydrogen-bond acceptors (Lipinski definition) is 2. The van der Waals surface area contributed by atoms with Crippen molar-refractivity contribution in [1.29, 1.82) is 0 Å². The van der Waals surface area contributed by atoms with Crippen molar-refractivity contribution in [3.63, 3.8) is 0 Å². The van der Waals surface area contributed by atoms with E-state index in [1.54, 1.807) is 6.07 Å². The zero-order chi connectivity index (χ0) is 18.1. The Balaban J connectivity index is 1.54. The molecule has 0 atom stereocenters. The Morgan fingerprint density at radius 2 is 1.56 bits per heavy atom. The van der Waals surface area contributed by atoms with Crippen molar-refractivity contribution in [3.05, 3.63) is 43.9 Å². The predicted octanol–water partition coefficient (Wildman–Crippen LogP) is 3.52. The quantitative estimate of drug-likeness (QED) is 0.640. The Labute approximate surface area is 163 Å². The molecule has 0 spiro atoms. The van der Waals surface area contributed by atoms with E-state index in [0.717, 1.165) is 33.2 Å². The molecule has 2 aromatic heterocycles. The van der Waals surface area contributed by atoms with Gasteiger partial charge in [-0.25, -0.2) is 0 Å². The molecule has 0 aromatic carbocycles. The lowest BCUT2D eigenvalue weighted by Gasteiger charge is -2.32. The molecule has 6 nitrogen and oxygen atoms in total. The van der Waals surface area contributed by atoms with Crippen LogP contribution in [0, 0.1) is 13.8 Å². The van der Waals surface area contributed by atoms with Crippen LogP contribution in [-0.2, 0) is 0 Å². The number of aromatic amines is 2. The lowest BCUT2D eigenvalue weighted by atomic mass is 10.0. The van der Waals surface area contributed by atoms with Gasteiger partial charge in [-0.15, -0.1) is 0 Å². The van der Waals surface area contributed by atoms with Crippen LogP contribution in [0.3, 0.4) is 0 Å². The molecule has 1 saturated heterocycles. The first-order valence-corrected chi connectivity index (χ1v) is 9.74. The molecule has 0 radical (unpaired) electrons. The summed E-state index contributed by atoms with van der Waals surface area (Å²) < 4.78 is 1.80. The van der Waals surface area contributed by atoms with Crippen molar-refractivity contribution in [2.45, 2.75) is 32.7 Å². The lowest BCUT2D eigenvalue weighted by molar-refractivity contribution is 0.0692. The molecule has 3 rings (SSSR count). The first kappa shape index (κ1) is 18.3. The first-order valence-electron chi connectivity index (χ1n) is 8.15. The average Bonchev–Trinajstić information content (AvgIpc) is 3.10. The van der Waals surface area contributed by atoms with Gasteiger partial charge in [-0.05, 0) is 70.7 Å². The van der Waals surface area contributed by atoms with Crippen LogP contribution in [0.4, 0.5) is 0 Å². The van der Waals surface area contributed by atoms with Crippen molar-refractivity contribution >= 4 is 43.7 Å². The molecule has 0 aliphatic carbocycles. The highest BCUT2D eigenvalue weighted by molar-refractivity contribution is 9.10. The van der Waals surface area contributed by atoms with E-state index < -0.39 is 0 Å². The fraction of sp³-hybridized carbons (Fsp3) is 0.412. The molecular weight excluding hydrogens is 452 g/mol. The van der Waals surface area contributed by atoms with Gasteiger partial charge < -0.3 is 20.2 Å². The third kappa shape index (κ3) is 4.00. The summed E-state index contributed by atoms with van der Waals surface area (Å²) in [5.74, 6) is -0.106. The number of carbonyl (C=O) groups excluding carboxylic acids is 2. The van der Waals surface area contributed by atoms with Crippen molar-refractivity contribution in [2.75, 3.05) is 13.1 Å². The minimum Gasteiger partial charge on any atom is -0.354 e. The topological polar surface area (TPSA) is 81.0 Å². The minimum absolute atomic E-state index is 0.00231. The van der Waals surface area contributed by atoms with E-state index in [-0.39, 0.29) is 17.9 Å². The standard InChI is InChI=1S/C17H20Br2N4O2/c1-9-12(18)7-14(20-9)16(24)22-11-3-5-23(6-4-11)17(25)15-8-13(19)10(2)21-15/h7-8,11,20-21H,3-6H2,1-2H3,(H,22,24). The molecule has 134 valence electrons. The maximum absolute atomic E-state index is 12.5. The number of nitrogens with one attached hydrogen (secondary N) is 3. The highest BCUT2D eigenvalue weighted by Crippen LogP contribution is 2.20. The normalized spacial score (nSPS) is 15.4. The van der Waals surface area contributed by atoms with Gasteiger partial charge in [0.25, 0.3) is 11.8 Å². The summed E-state index contributed by atoms with van der Waals surface area (Å²) in [4.78, 5) is 32.8. The molecule has 3 heterocycles. The average molecular weight is 472 g/mol. The number of halogens is 2. The number of likely N-dealkylation sites (tertiary alicyclic amines) is 1. The molecule has 0 unspecified atom stereocenters. The van der Waals surface area contributed by atoms with E-state index >= 15 is 0 Å². The molecular formula is C17H20Br2N4O2. The van der Waals surface area contributed by atoms with E-state index in [1.807, 2.05) is 24.8 Å². The van der Waals surface area contributed by atoms with Gasteiger partial charge in [-0.2, -0.15) is 0 Å². The Hall–Kier alpha value is -1.54. The van der Waals surface area contributed by atoms with Gasteiger partial charge in [0.2, 0.25) is 0 Å². The molecule has 8 heteroatoms. The molecule has 25 heavy (non-hydrogen) atoms. The third-order valence-corrected chi connectivity index (χ3v) is 6.14. The zero-order valence-corrected chi connectivity index (χ0v) is 17.3. The second-order valence-electron chi connectivity index (χ2n) is 6.35. The lowest BCUT2D eigenvalue weighted by Crippen LogP contribution is -2.46. The van der Waals surface area contributed by atoms with Gasteiger partial charge in [0.1, 0.15) is 11.4 Å². The number of aryl methyl sites for hydroxylation is 2. The maximum Gasteiger partial charge on any atom is 0.270 e. The van der Waals surface area contributed by atoms with Crippen molar-refractivity contribution in [3.8, 4) is 0 Å². The summed E-state index contributed by atoms with van der Waals surface area (Å²) in [6.07, 6.45) is 1.50. The van der Waals surface area contributed by atoms with Crippen LogP contribution < -0.4 is 5.32 Å². The molecule has 1 aliphatic rings. The number of rotatable bonds is 3. The van der Waals surface area contributed by atoms with Gasteiger partial charge >= 0.3 is 0 Å². The number of carbonyl (C=O) groups is 2. The molecule has 1 fully saturated rings. The van der Waals surface area contributed by atoms with Crippen LogP contribution in [0.2, 0.25) is 0 Å². The van der Waals surface area contributed by atoms with Crippen LogP contribution >= 0.6 is 31.9 Å². The Morgan fingerprint density at radius 3 is 2.04 bits per heavy atom. The van der Waals surface area contributed by atoms with Crippen molar-refractivity contribution < 1.29 is 9.59 Å². The second kappa shape index (κ2) is 7.37. The van der Waals surface area contributed by atoms with Crippen molar-refractivity contribution in [1.82, 2.24) is 20.2 Å². The minimum atomic E-state index is -0.109. The van der Waals surface area contributed by atoms with Gasteiger partial charge in [-0.1, -0.05) is 0 Å². The summed E-state index contributed by atoms with van der Waals surface area (Å²) in [5.41, 5.74) is 3.02. The monoisotopic (exact) mass is 470 g/mol. The first-order chi connectivity index (χ1) is 11.8. The van der Waals surface area contributed by atoms with Crippen LogP contribution in [0.25, 0.3) is 0 Å². The third-order valence-electron chi connectivity index (χ3n) is 4.50. The van der Waals surface area contributed by atoms with Gasteiger partial charge in [-0.3, -0.25) is 9.59 Å². The Bertz CT molecular complexity index is 765. The zero-order valence-electron chi connectivity index (χ0n) is 14.1. The van der Waals surface area contributed by atoms with Gasteiger partial charge in [0.15, 0.2) is 0 Å². The van der Waals surface area contributed by atoms with E-state index in [4.69, 9.17) is 0 Å². The summed E-state index contributed by atoms with van der Waals surface area (Å²) in [5, 5.41) is 3.04. The molecule has 2 aromatic rings. The Morgan fingerprint density at radius 1 is 1.04 bits per heavy atom. The molecule has 2 amide bonds. The maximum atomic E-state index is 12.5. The SMILES string of the molecule is Cc1[nH]c(C(=O)NC2CCN(C(=O)c3cc(Br)c(C)[nH]3)CC2)cc1Br. The summed E-state index contributed by atoms with van der Waals surface area (Å²) in [6, 6.07) is 3.68. The van der Waals surface area contributed by atoms with E-state index in [1.165, 1.54) is 0 Å². The highest BCUT2D eigenvalue weighted by atomic mass is 79.9. The largest absolute Gasteiger partial charge is 0.354 e.